The van der Waals surface area contributed by atoms with Crippen molar-refractivity contribution in [3.63, 3.8) is 0 Å². The highest BCUT2D eigenvalue weighted by molar-refractivity contribution is 5.75. The van der Waals surface area contributed by atoms with Gasteiger partial charge in [0.25, 0.3) is 5.56 Å². The number of aliphatic hydroxyl groups is 1. The lowest BCUT2D eigenvalue weighted by Gasteiger charge is -2.38. The third-order valence-corrected chi connectivity index (χ3v) is 6.20. The predicted molar refractivity (Wildman–Crippen MR) is 121 cm³/mol. The molecule has 0 radical (unpaired) electrons. The minimum absolute atomic E-state index is 0.0949. The Kier molecular flexibility index (Phi) is 5.43. The first-order chi connectivity index (χ1) is 15.9. The van der Waals surface area contributed by atoms with Crippen molar-refractivity contribution >= 4 is 11.0 Å². The fourth-order valence-corrected chi connectivity index (χ4v) is 4.33. The highest BCUT2D eigenvalue weighted by Gasteiger charge is 2.33. The van der Waals surface area contributed by atoms with E-state index in [9.17, 15) is 19.4 Å². The van der Waals surface area contributed by atoms with E-state index in [1.807, 2.05) is 0 Å². The molecule has 8 nitrogen and oxygen atoms in total. The van der Waals surface area contributed by atoms with Crippen molar-refractivity contribution in [2.45, 2.75) is 31.5 Å². The lowest BCUT2D eigenvalue weighted by Crippen LogP contribution is -2.47. The van der Waals surface area contributed by atoms with E-state index in [0.29, 0.717) is 49.2 Å². The van der Waals surface area contributed by atoms with Crippen molar-refractivity contribution < 1.29 is 14.6 Å². The molecule has 0 atom stereocenters. The molecule has 2 aromatic heterocycles. The van der Waals surface area contributed by atoms with Gasteiger partial charge < -0.3 is 10.2 Å². The molecule has 0 bridgehead atoms. The monoisotopic (exact) mass is 449 g/mol. The maximum atomic E-state index is 13.1. The summed E-state index contributed by atoms with van der Waals surface area (Å²) in [6.45, 7) is 2.19. The molecule has 9 heteroatoms. The van der Waals surface area contributed by atoms with Crippen LogP contribution in [0.25, 0.3) is 16.7 Å². The molecule has 0 saturated carbocycles. The zero-order valence-corrected chi connectivity index (χ0v) is 17.9. The molecule has 1 fully saturated rings. The van der Waals surface area contributed by atoms with Gasteiger partial charge in [-0.2, -0.15) is 5.10 Å². The molecule has 33 heavy (non-hydrogen) atoms. The van der Waals surface area contributed by atoms with Gasteiger partial charge in [0.05, 0.1) is 24.0 Å². The fraction of sp³-hybridized carbons (Fsp3) is 0.292. The van der Waals surface area contributed by atoms with Gasteiger partial charge >= 0.3 is 0 Å². The molecule has 0 spiro atoms. The number of hydrogen-bond acceptors (Lipinski definition) is 6. The van der Waals surface area contributed by atoms with E-state index in [4.69, 9.17) is 0 Å². The van der Waals surface area contributed by atoms with Crippen molar-refractivity contribution in [1.82, 2.24) is 24.2 Å². The maximum absolute atomic E-state index is 13.1. The van der Waals surface area contributed by atoms with Gasteiger partial charge in [-0.3, -0.25) is 14.3 Å². The van der Waals surface area contributed by atoms with Crippen LogP contribution in [0, 0.1) is 5.82 Å². The molecule has 1 aliphatic rings. The van der Waals surface area contributed by atoms with Gasteiger partial charge in [-0.15, -0.1) is 0 Å². The SMILES string of the molecule is O=c1c2cnn(-c3cccc(O)c3)c2ncn1CC1(O)CCN(Cc2ccc(F)cc2)CC1. The van der Waals surface area contributed by atoms with E-state index in [0.717, 1.165) is 5.56 Å². The van der Waals surface area contributed by atoms with E-state index >= 15 is 0 Å². The summed E-state index contributed by atoms with van der Waals surface area (Å²) >= 11 is 0. The van der Waals surface area contributed by atoms with Crippen LogP contribution >= 0.6 is 0 Å². The highest BCUT2D eigenvalue weighted by atomic mass is 19.1. The number of aromatic nitrogens is 4. The third kappa shape index (κ3) is 4.37. The van der Waals surface area contributed by atoms with Crippen LogP contribution in [0.3, 0.4) is 0 Å². The van der Waals surface area contributed by atoms with Crippen LogP contribution in [0.1, 0.15) is 18.4 Å². The largest absolute Gasteiger partial charge is 0.508 e. The average molecular weight is 449 g/mol. The smallest absolute Gasteiger partial charge is 0.264 e. The molecule has 1 aliphatic heterocycles. The summed E-state index contributed by atoms with van der Waals surface area (Å²) in [5.74, 6) is -0.160. The summed E-state index contributed by atoms with van der Waals surface area (Å²) in [6.07, 6.45) is 3.93. The molecule has 5 rings (SSSR count). The van der Waals surface area contributed by atoms with E-state index in [-0.39, 0.29) is 23.7 Å². The number of likely N-dealkylation sites (tertiary alicyclic amines) is 1. The Balaban J connectivity index is 1.30. The summed E-state index contributed by atoms with van der Waals surface area (Å²) < 4.78 is 16.1. The van der Waals surface area contributed by atoms with Gasteiger partial charge in [0.2, 0.25) is 0 Å². The Labute approximate surface area is 189 Å². The fourth-order valence-electron chi connectivity index (χ4n) is 4.33. The number of nitrogens with zero attached hydrogens (tertiary/aromatic N) is 5. The van der Waals surface area contributed by atoms with Gasteiger partial charge in [-0.25, -0.2) is 14.1 Å². The Morgan fingerprint density at radius 3 is 2.58 bits per heavy atom. The summed E-state index contributed by atoms with van der Waals surface area (Å²) in [7, 11) is 0. The Morgan fingerprint density at radius 2 is 1.85 bits per heavy atom. The maximum Gasteiger partial charge on any atom is 0.264 e. The van der Waals surface area contributed by atoms with E-state index in [2.05, 4.69) is 15.0 Å². The van der Waals surface area contributed by atoms with E-state index < -0.39 is 5.60 Å². The second kappa shape index (κ2) is 8.42. The molecular weight excluding hydrogens is 425 g/mol. The normalized spacial score (nSPS) is 16.3. The predicted octanol–water partition coefficient (Wildman–Crippen LogP) is 2.45. The van der Waals surface area contributed by atoms with Crippen LogP contribution in [0.15, 0.2) is 65.8 Å². The summed E-state index contributed by atoms with van der Waals surface area (Å²) in [6, 6.07) is 13.0. The average Bonchev–Trinajstić information content (AvgIpc) is 3.24. The van der Waals surface area contributed by atoms with Crippen LogP contribution in [-0.2, 0) is 13.1 Å². The minimum atomic E-state index is -1.01. The number of phenolic OH excluding ortho intramolecular Hbond substituents is 1. The zero-order chi connectivity index (χ0) is 23.0. The number of hydrogen-bond donors (Lipinski definition) is 2. The first-order valence-corrected chi connectivity index (χ1v) is 10.8. The van der Waals surface area contributed by atoms with Crippen molar-refractivity contribution in [3.8, 4) is 11.4 Å². The lowest BCUT2D eigenvalue weighted by molar-refractivity contribution is -0.0364. The standard InChI is InChI=1S/C24H24FN5O3/c25-18-6-4-17(5-7-18)14-28-10-8-24(33,9-11-28)15-29-16-26-22-21(23(29)32)13-27-30(22)19-2-1-3-20(31)12-19/h1-7,12-13,16,31,33H,8-11,14-15H2. The first kappa shape index (κ1) is 21.3. The number of piperidine rings is 1. The van der Waals surface area contributed by atoms with Gasteiger partial charge in [0, 0.05) is 25.7 Å². The number of halogens is 1. The second-order valence-corrected chi connectivity index (χ2v) is 8.62. The number of aromatic hydroxyl groups is 1. The molecular formula is C24H24FN5O3. The number of phenols is 1. The summed E-state index contributed by atoms with van der Waals surface area (Å²) in [4.78, 5) is 19.7. The Morgan fingerprint density at radius 1 is 1.09 bits per heavy atom. The van der Waals surface area contributed by atoms with Crippen molar-refractivity contribution in [1.29, 1.82) is 0 Å². The first-order valence-electron chi connectivity index (χ1n) is 10.8. The number of fused-ring (bicyclic) bond motifs is 1. The number of rotatable bonds is 5. The summed E-state index contributed by atoms with van der Waals surface area (Å²) in [5.41, 5.74) is 0.731. The van der Waals surface area contributed by atoms with Gasteiger partial charge in [0.15, 0.2) is 5.65 Å². The molecule has 4 aromatic rings. The molecule has 2 N–H and O–H groups in total. The second-order valence-electron chi connectivity index (χ2n) is 8.62. The van der Waals surface area contributed by atoms with Crippen LogP contribution in [0.5, 0.6) is 5.75 Å². The topological polar surface area (TPSA) is 96.4 Å². The molecule has 170 valence electrons. The van der Waals surface area contributed by atoms with Crippen LogP contribution in [0.4, 0.5) is 4.39 Å². The zero-order valence-electron chi connectivity index (χ0n) is 17.9. The lowest BCUT2D eigenvalue weighted by atomic mass is 9.91. The number of benzene rings is 2. The van der Waals surface area contributed by atoms with Crippen LogP contribution in [-0.4, -0.2) is 53.1 Å². The Bertz CT molecular complexity index is 1340. The van der Waals surface area contributed by atoms with E-state index in [1.165, 1.54) is 33.9 Å². The van der Waals surface area contributed by atoms with Gasteiger partial charge in [-0.1, -0.05) is 18.2 Å². The van der Waals surface area contributed by atoms with Gasteiger partial charge in [-0.05, 0) is 42.7 Å². The molecule has 2 aromatic carbocycles. The van der Waals surface area contributed by atoms with Crippen molar-refractivity contribution in [2.75, 3.05) is 13.1 Å². The van der Waals surface area contributed by atoms with Gasteiger partial charge in [0.1, 0.15) is 23.3 Å². The molecule has 0 aliphatic carbocycles. The molecule has 0 amide bonds. The van der Waals surface area contributed by atoms with Crippen LogP contribution in [0.2, 0.25) is 0 Å². The Hall–Kier alpha value is -3.56. The molecule has 3 heterocycles. The third-order valence-electron chi connectivity index (χ3n) is 6.20. The molecule has 0 unspecified atom stereocenters. The van der Waals surface area contributed by atoms with Crippen molar-refractivity contribution in [2.24, 2.45) is 0 Å². The highest BCUT2D eigenvalue weighted by Crippen LogP contribution is 2.25. The van der Waals surface area contributed by atoms with Crippen LogP contribution < -0.4 is 5.56 Å². The van der Waals surface area contributed by atoms with Crippen molar-refractivity contribution in [3.05, 3.63) is 82.8 Å². The summed E-state index contributed by atoms with van der Waals surface area (Å²) in [5, 5.41) is 25.5. The minimum Gasteiger partial charge on any atom is -0.508 e. The quantitative estimate of drug-likeness (QED) is 0.486. The van der Waals surface area contributed by atoms with E-state index in [1.54, 1.807) is 36.4 Å². The molecule has 1 saturated heterocycles.